The van der Waals surface area contributed by atoms with Crippen molar-refractivity contribution in [3.8, 4) is 0 Å². The Balaban J connectivity index is 1.78. The van der Waals surface area contributed by atoms with Crippen LogP contribution >= 0.6 is 0 Å². The summed E-state index contributed by atoms with van der Waals surface area (Å²) in [5.41, 5.74) is 1.69. The zero-order valence-electron chi connectivity index (χ0n) is 15.5. The SMILES string of the molecule is Cc1cccc(/C=C/C(=O)NC2CCN(C(=O)OC(C)(C)C)CC2)c1. The molecular weight excluding hydrogens is 316 g/mol. The van der Waals surface area contributed by atoms with Gasteiger partial charge in [-0.2, -0.15) is 0 Å². The van der Waals surface area contributed by atoms with Crippen molar-refractivity contribution in [2.45, 2.75) is 52.2 Å². The van der Waals surface area contributed by atoms with E-state index in [-0.39, 0.29) is 18.0 Å². The van der Waals surface area contributed by atoms with Gasteiger partial charge in [-0.1, -0.05) is 29.8 Å². The zero-order chi connectivity index (χ0) is 18.4. The number of nitrogens with one attached hydrogen (secondary N) is 1. The van der Waals surface area contributed by atoms with Crippen LogP contribution in [0.1, 0.15) is 44.7 Å². The number of hydrogen-bond acceptors (Lipinski definition) is 3. The molecule has 2 amide bonds. The number of aryl methyl sites for hydroxylation is 1. The molecule has 25 heavy (non-hydrogen) atoms. The van der Waals surface area contributed by atoms with Crippen molar-refractivity contribution >= 4 is 18.1 Å². The lowest BCUT2D eigenvalue weighted by Gasteiger charge is -2.33. The maximum absolute atomic E-state index is 12.1. The molecule has 5 heteroatoms. The fourth-order valence-electron chi connectivity index (χ4n) is 2.73. The minimum Gasteiger partial charge on any atom is -0.444 e. The van der Waals surface area contributed by atoms with Gasteiger partial charge in [-0.05, 0) is 52.2 Å². The van der Waals surface area contributed by atoms with Crippen LogP contribution in [0, 0.1) is 6.92 Å². The summed E-state index contributed by atoms with van der Waals surface area (Å²) in [7, 11) is 0. The van der Waals surface area contributed by atoms with E-state index in [9.17, 15) is 9.59 Å². The molecule has 0 aliphatic carbocycles. The molecule has 0 aromatic heterocycles. The first-order chi connectivity index (χ1) is 11.7. The lowest BCUT2D eigenvalue weighted by Crippen LogP contribution is -2.47. The zero-order valence-corrected chi connectivity index (χ0v) is 15.5. The number of carbonyl (C=O) groups excluding carboxylic acids is 2. The molecule has 2 rings (SSSR count). The predicted molar refractivity (Wildman–Crippen MR) is 99.2 cm³/mol. The van der Waals surface area contributed by atoms with Gasteiger partial charge in [0, 0.05) is 25.2 Å². The minimum atomic E-state index is -0.483. The van der Waals surface area contributed by atoms with Crippen LogP contribution in [0.25, 0.3) is 6.08 Å². The number of piperidine rings is 1. The van der Waals surface area contributed by atoms with Crippen molar-refractivity contribution in [1.82, 2.24) is 10.2 Å². The molecule has 1 aliphatic rings. The first-order valence-corrected chi connectivity index (χ1v) is 8.76. The van der Waals surface area contributed by atoms with Gasteiger partial charge in [0.1, 0.15) is 5.60 Å². The Kier molecular flexibility index (Phi) is 6.23. The number of ether oxygens (including phenoxy) is 1. The van der Waals surface area contributed by atoms with Crippen LogP contribution < -0.4 is 5.32 Å². The molecule has 1 saturated heterocycles. The molecule has 0 radical (unpaired) electrons. The summed E-state index contributed by atoms with van der Waals surface area (Å²) < 4.78 is 5.38. The van der Waals surface area contributed by atoms with Crippen molar-refractivity contribution in [2.75, 3.05) is 13.1 Å². The predicted octanol–water partition coefficient (Wildman–Crippen LogP) is 3.52. The molecule has 5 nitrogen and oxygen atoms in total. The largest absolute Gasteiger partial charge is 0.444 e. The normalized spacial score (nSPS) is 16.1. The highest BCUT2D eigenvalue weighted by Crippen LogP contribution is 2.15. The van der Waals surface area contributed by atoms with Gasteiger partial charge >= 0.3 is 6.09 Å². The highest BCUT2D eigenvalue weighted by molar-refractivity contribution is 5.91. The summed E-state index contributed by atoms with van der Waals surface area (Å²) in [4.78, 5) is 25.8. The lowest BCUT2D eigenvalue weighted by atomic mass is 10.1. The third kappa shape index (κ3) is 6.61. The van der Waals surface area contributed by atoms with E-state index in [1.54, 1.807) is 11.0 Å². The van der Waals surface area contributed by atoms with E-state index in [1.807, 2.05) is 58.0 Å². The fourth-order valence-corrected chi connectivity index (χ4v) is 2.73. The van der Waals surface area contributed by atoms with Gasteiger partial charge in [0.15, 0.2) is 0 Å². The quantitative estimate of drug-likeness (QED) is 0.854. The molecule has 1 N–H and O–H groups in total. The fraction of sp³-hybridized carbons (Fsp3) is 0.500. The van der Waals surface area contributed by atoms with E-state index in [4.69, 9.17) is 4.74 Å². The molecule has 0 unspecified atom stereocenters. The Morgan fingerprint density at radius 3 is 2.52 bits per heavy atom. The highest BCUT2D eigenvalue weighted by Gasteiger charge is 2.27. The minimum absolute atomic E-state index is 0.0911. The van der Waals surface area contributed by atoms with Crippen molar-refractivity contribution in [3.63, 3.8) is 0 Å². The van der Waals surface area contributed by atoms with Crippen molar-refractivity contribution in [1.29, 1.82) is 0 Å². The molecule has 0 spiro atoms. The van der Waals surface area contributed by atoms with Gasteiger partial charge in [0.05, 0.1) is 0 Å². The summed E-state index contributed by atoms with van der Waals surface area (Å²) in [6, 6.07) is 8.09. The van der Waals surface area contributed by atoms with E-state index < -0.39 is 5.60 Å². The van der Waals surface area contributed by atoms with Crippen LogP contribution in [-0.4, -0.2) is 41.6 Å². The smallest absolute Gasteiger partial charge is 0.410 e. The number of rotatable bonds is 3. The van der Waals surface area contributed by atoms with Gasteiger partial charge in [0.25, 0.3) is 0 Å². The van der Waals surface area contributed by atoms with Gasteiger partial charge in [-0.15, -0.1) is 0 Å². The second kappa shape index (κ2) is 8.19. The number of carbonyl (C=O) groups is 2. The molecule has 1 aliphatic heterocycles. The van der Waals surface area contributed by atoms with Crippen molar-refractivity contribution < 1.29 is 14.3 Å². The van der Waals surface area contributed by atoms with Crippen LogP contribution in [0.5, 0.6) is 0 Å². The Bertz CT molecular complexity index is 639. The summed E-state index contributed by atoms with van der Waals surface area (Å²) in [6.45, 7) is 8.80. The maximum atomic E-state index is 12.1. The summed E-state index contributed by atoms with van der Waals surface area (Å²) in [5.74, 6) is -0.0998. The lowest BCUT2D eigenvalue weighted by molar-refractivity contribution is -0.117. The standard InChI is InChI=1S/C20H28N2O3/c1-15-6-5-7-16(14-15)8-9-18(23)21-17-10-12-22(13-11-17)19(24)25-20(2,3)4/h5-9,14,17H,10-13H2,1-4H3,(H,21,23)/b9-8+. The summed E-state index contributed by atoms with van der Waals surface area (Å²) in [5, 5.41) is 3.01. The maximum Gasteiger partial charge on any atom is 0.410 e. The Labute approximate surface area is 150 Å². The molecule has 1 aromatic carbocycles. The number of hydrogen-bond donors (Lipinski definition) is 1. The molecular formula is C20H28N2O3. The Hall–Kier alpha value is -2.30. The van der Waals surface area contributed by atoms with E-state index in [0.29, 0.717) is 13.1 Å². The van der Waals surface area contributed by atoms with Gasteiger partial charge in [-0.3, -0.25) is 4.79 Å². The summed E-state index contributed by atoms with van der Waals surface area (Å²) >= 11 is 0. The third-order valence-electron chi connectivity index (χ3n) is 3.96. The number of benzene rings is 1. The first-order valence-electron chi connectivity index (χ1n) is 8.76. The van der Waals surface area contributed by atoms with E-state index in [2.05, 4.69) is 5.32 Å². The molecule has 0 bridgehead atoms. The second-order valence-electron chi connectivity index (χ2n) is 7.50. The van der Waals surface area contributed by atoms with E-state index in [1.165, 1.54) is 0 Å². The first kappa shape index (κ1) is 19.0. The molecule has 0 atom stereocenters. The van der Waals surface area contributed by atoms with Gasteiger partial charge in [0.2, 0.25) is 5.91 Å². The average Bonchev–Trinajstić information content (AvgIpc) is 2.52. The molecule has 136 valence electrons. The van der Waals surface area contributed by atoms with Crippen LogP contribution in [0.15, 0.2) is 30.3 Å². The van der Waals surface area contributed by atoms with E-state index in [0.717, 1.165) is 24.0 Å². The van der Waals surface area contributed by atoms with Crippen LogP contribution in [-0.2, 0) is 9.53 Å². The number of nitrogens with zero attached hydrogens (tertiary/aromatic N) is 1. The Morgan fingerprint density at radius 1 is 1.24 bits per heavy atom. The third-order valence-corrected chi connectivity index (χ3v) is 3.96. The average molecular weight is 344 g/mol. The summed E-state index contributed by atoms with van der Waals surface area (Å²) in [6.07, 6.45) is 4.58. The van der Waals surface area contributed by atoms with Crippen LogP contribution in [0.3, 0.4) is 0 Å². The number of amides is 2. The van der Waals surface area contributed by atoms with Gasteiger partial charge < -0.3 is 15.0 Å². The molecule has 0 saturated carbocycles. The Morgan fingerprint density at radius 2 is 1.92 bits per heavy atom. The van der Waals surface area contributed by atoms with Gasteiger partial charge in [-0.25, -0.2) is 4.79 Å². The highest BCUT2D eigenvalue weighted by atomic mass is 16.6. The molecule has 1 aromatic rings. The van der Waals surface area contributed by atoms with Crippen LogP contribution in [0.4, 0.5) is 4.79 Å². The molecule has 1 fully saturated rings. The van der Waals surface area contributed by atoms with E-state index >= 15 is 0 Å². The second-order valence-corrected chi connectivity index (χ2v) is 7.50. The number of likely N-dealkylation sites (tertiary alicyclic amines) is 1. The monoisotopic (exact) mass is 344 g/mol. The molecule has 1 heterocycles. The van der Waals surface area contributed by atoms with Crippen molar-refractivity contribution in [3.05, 3.63) is 41.5 Å². The van der Waals surface area contributed by atoms with Crippen molar-refractivity contribution in [2.24, 2.45) is 0 Å². The van der Waals surface area contributed by atoms with Crippen LogP contribution in [0.2, 0.25) is 0 Å². The topological polar surface area (TPSA) is 58.6 Å².